The van der Waals surface area contributed by atoms with Crippen molar-refractivity contribution in [3.8, 4) is 11.1 Å². The normalized spacial score (nSPS) is 17.0. The summed E-state index contributed by atoms with van der Waals surface area (Å²) in [5, 5.41) is 0. The Morgan fingerprint density at radius 3 is 2.52 bits per heavy atom. The van der Waals surface area contributed by atoms with Crippen LogP contribution in [-0.4, -0.2) is 11.9 Å². The molecule has 3 nitrogen and oxygen atoms in total. The predicted molar refractivity (Wildman–Crippen MR) is 84.7 cm³/mol. The molecule has 0 fully saturated rings. The number of nitrogens with zero attached hydrogens (tertiary/aromatic N) is 1. The second kappa shape index (κ2) is 4.67. The highest BCUT2D eigenvalue weighted by molar-refractivity contribution is 9.10. The van der Waals surface area contributed by atoms with Crippen LogP contribution in [0.2, 0.25) is 0 Å². The SMILES string of the molecule is O=C1C=CC(=Nc2ccc3c(c2)Cc2cc(Br)ccc2-3)O1. The third-order valence-corrected chi connectivity index (χ3v) is 4.13. The number of carbonyl (C=O) groups excluding carboxylic acids is 1. The van der Waals surface area contributed by atoms with Gasteiger partial charge in [-0.3, -0.25) is 0 Å². The summed E-state index contributed by atoms with van der Waals surface area (Å²) in [4.78, 5) is 15.4. The molecule has 0 bridgehead atoms. The Morgan fingerprint density at radius 2 is 1.76 bits per heavy atom. The maximum Gasteiger partial charge on any atom is 0.337 e. The summed E-state index contributed by atoms with van der Waals surface area (Å²) in [6, 6.07) is 12.4. The Morgan fingerprint density at radius 1 is 1.00 bits per heavy atom. The van der Waals surface area contributed by atoms with Crippen molar-refractivity contribution in [3.05, 3.63) is 64.1 Å². The second-order valence-corrected chi connectivity index (χ2v) is 5.94. The quantitative estimate of drug-likeness (QED) is 0.624. The van der Waals surface area contributed by atoms with E-state index in [-0.39, 0.29) is 5.97 Å². The number of halogens is 1. The molecule has 0 radical (unpaired) electrons. The number of esters is 1. The minimum Gasteiger partial charge on any atom is -0.404 e. The van der Waals surface area contributed by atoms with Crippen LogP contribution >= 0.6 is 15.9 Å². The summed E-state index contributed by atoms with van der Waals surface area (Å²) in [5.74, 6) is -0.0228. The van der Waals surface area contributed by atoms with Crippen molar-refractivity contribution >= 4 is 33.5 Å². The minimum atomic E-state index is -0.368. The van der Waals surface area contributed by atoms with Gasteiger partial charge in [-0.15, -0.1) is 0 Å². The predicted octanol–water partition coefficient (Wildman–Crippen LogP) is 4.16. The molecule has 0 aromatic heterocycles. The van der Waals surface area contributed by atoms with E-state index in [0.29, 0.717) is 5.90 Å². The first-order valence-electron chi connectivity index (χ1n) is 6.59. The van der Waals surface area contributed by atoms with Crippen molar-refractivity contribution in [2.45, 2.75) is 6.42 Å². The van der Waals surface area contributed by atoms with E-state index < -0.39 is 0 Å². The smallest absolute Gasteiger partial charge is 0.337 e. The average molecular weight is 340 g/mol. The van der Waals surface area contributed by atoms with Crippen LogP contribution in [0, 0.1) is 0 Å². The first kappa shape index (κ1) is 12.5. The Hall–Kier alpha value is -2.20. The Bertz CT molecular complexity index is 837. The van der Waals surface area contributed by atoms with Gasteiger partial charge in [-0.2, -0.15) is 0 Å². The third-order valence-electron chi connectivity index (χ3n) is 3.63. The van der Waals surface area contributed by atoms with Crippen molar-refractivity contribution < 1.29 is 9.53 Å². The fraction of sp³-hybridized carbons (Fsp3) is 0.0588. The van der Waals surface area contributed by atoms with Gasteiger partial charge in [-0.25, -0.2) is 9.79 Å². The molecular weight excluding hydrogens is 330 g/mol. The Balaban J connectivity index is 1.72. The number of hydrogen-bond acceptors (Lipinski definition) is 3. The molecule has 0 unspecified atom stereocenters. The van der Waals surface area contributed by atoms with E-state index in [1.54, 1.807) is 6.08 Å². The molecule has 0 saturated carbocycles. The van der Waals surface area contributed by atoms with E-state index in [9.17, 15) is 4.79 Å². The highest BCUT2D eigenvalue weighted by Crippen LogP contribution is 2.39. The van der Waals surface area contributed by atoms with Crippen LogP contribution in [0.5, 0.6) is 0 Å². The molecule has 21 heavy (non-hydrogen) atoms. The summed E-state index contributed by atoms with van der Waals surface area (Å²) in [7, 11) is 0. The molecule has 4 rings (SSSR count). The summed E-state index contributed by atoms with van der Waals surface area (Å²) in [6.45, 7) is 0. The fourth-order valence-corrected chi connectivity index (χ4v) is 3.14. The number of aliphatic imine (C=N–C) groups is 1. The van der Waals surface area contributed by atoms with E-state index in [1.165, 1.54) is 28.3 Å². The van der Waals surface area contributed by atoms with E-state index in [2.05, 4.69) is 51.3 Å². The topological polar surface area (TPSA) is 38.7 Å². The summed E-state index contributed by atoms with van der Waals surface area (Å²) in [6.07, 6.45) is 3.86. The van der Waals surface area contributed by atoms with Gasteiger partial charge in [0.15, 0.2) is 0 Å². The highest BCUT2D eigenvalue weighted by atomic mass is 79.9. The monoisotopic (exact) mass is 339 g/mol. The maximum absolute atomic E-state index is 11.0. The van der Waals surface area contributed by atoms with Gasteiger partial charge in [0, 0.05) is 16.6 Å². The molecule has 1 heterocycles. The Kier molecular flexibility index (Phi) is 2.79. The first-order chi connectivity index (χ1) is 10.2. The van der Waals surface area contributed by atoms with Gasteiger partial charge in [0.25, 0.3) is 0 Å². The molecule has 1 aliphatic carbocycles. The maximum atomic E-state index is 11.0. The van der Waals surface area contributed by atoms with Crippen LogP contribution in [0.15, 0.2) is 58.0 Å². The lowest BCUT2D eigenvalue weighted by Crippen LogP contribution is -1.98. The number of ether oxygens (including phenoxy) is 1. The number of rotatable bonds is 1. The lowest BCUT2D eigenvalue weighted by atomic mass is 10.1. The van der Waals surface area contributed by atoms with Gasteiger partial charge in [0.2, 0.25) is 5.90 Å². The molecule has 0 N–H and O–H groups in total. The number of hydrogen-bond donors (Lipinski definition) is 0. The first-order valence-corrected chi connectivity index (χ1v) is 7.39. The second-order valence-electron chi connectivity index (χ2n) is 5.02. The van der Waals surface area contributed by atoms with Gasteiger partial charge in [0.05, 0.1) is 5.69 Å². The third kappa shape index (κ3) is 2.21. The standard InChI is InChI=1S/C17H10BrNO2/c18-12-1-3-14-10(8-12)7-11-9-13(2-4-15(11)14)19-16-5-6-17(20)21-16/h1-6,8-9H,7H2. The molecule has 102 valence electrons. The van der Waals surface area contributed by atoms with Crippen molar-refractivity contribution in [2.24, 2.45) is 4.99 Å². The van der Waals surface area contributed by atoms with Crippen LogP contribution in [0.3, 0.4) is 0 Å². The molecular formula is C17H10BrNO2. The van der Waals surface area contributed by atoms with Crippen molar-refractivity contribution in [1.82, 2.24) is 0 Å². The minimum absolute atomic E-state index is 0.346. The number of fused-ring (bicyclic) bond motifs is 3. The molecule has 0 spiro atoms. The van der Waals surface area contributed by atoms with Gasteiger partial charge in [-0.1, -0.05) is 28.1 Å². The molecule has 4 heteroatoms. The molecule has 0 saturated heterocycles. The number of cyclic esters (lactones) is 1. The zero-order valence-corrected chi connectivity index (χ0v) is 12.6. The Labute approximate surface area is 130 Å². The molecule has 0 atom stereocenters. The lowest BCUT2D eigenvalue weighted by molar-refractivity contribution is -0.129. The van der Waals surface area contributed by atoms with E-state index in [4.69, 9.17) is 4.74 Å². The molecule has 2 aromatic carbocycles. The lowest BCUT2D eigenvalue weighted by Gasteiger charge is -2.02. The van der Waals surface area contributed by atoms with Gasteiger partial charge in [-0.05, 0) is 52.9 Å². The van der Waals surface area contributed by atoms with Crippen molar-refractivity contribution in [1.29, 1.82) is 0 Å². The van der Waals surface area contributed by atoms with E-state index in [0.717, 1.165) is 16.6 Å². The van der Waals surface area contributed by atoms with Gasteiger partial charge in [0.1, 0.15) is 0 Å². The average Bonchev–Trinajstić information content (AvgIpc) is 3.01. The molecule has 2 aromatic rings. The van der Waals surface area contributed by atoms with Crippen LogP contribution in [0.4, 0.5) is 5.69 Å². The molecule has 1 aliphatic heterocycles. The van der Waals surface area contributed by atoms with Crippen LogP contribution in [-0.2, 0) is 16.0 Å². The van der Waals surface area contributed by atoms with Crippen molar-refractivity contribution in [2.75, 3.05) is 0 Å². The summed E-state index contributed by atoms with van der Waals surface area (Å²) < 4.78 is 6.05. The molecule has 0 amide bonds. The summed E-state index contributed by atoms with van der Waals surface area (Å²) >= 11 is 3.51. The molecule has 2 aliphatic rings. The van der Waals surface area contributed by atoms with Crippen molar-refractivity contribution in [3.63, 3.8) is 0 Å². The zero-order chi connectivity index (χ0) is 14.4. The van der Waals surface area contributed by atoms with Gasteiger partial charge < -0.3 is 4.74 Å². The zero-order valence-electron chi connectivity index (χ0n) is 11.0. The van der Waals surface area contributed by atoms with Crippen LogP contribution in [0.25, 0.3) is 11.1 Å². The fourth-order valence-electron chi connectivity index (χ4n) is 2.73. The summed E-state index contributed by atoms with van der Waals surface area (Å²) in [5.41, 5.74) is 5.89. The van der Waals surface area contributed by atoms with Crippen LogP contribution < -0.4 is 0 Å². The number of benzene rings is 2. The van der Waals surface area contributed by atoms with E-state index in [1.807, 2.05) is 6.07 Å². The number of carbonyl (C=O) groups is 1. The van der Waals surface area contributed by atoms with E-state index >= 15 is 0 Å². The van der Waals surface area contributed by atoms with Crippen LogP contribution in [0.1, 0.15) is 11.1 Å². The van der Waals surface area contributed by atoms with Gasteiger partial charge >= 0.3 is 5.97 Å². The highest BCUT2D eigenvalue weighted by Gasteiger charge is 2.19. The largest absolute Gasteiger partial charge is 0.404 e.